The number of halogens is 4. The molecule has 1 heterocycles. The van der Waals surface area contributed by atoms with E-state index in [4.69, 9.17) is 4.74 Å². The van der Waals surface area contributed by atoms with Crippen LogP contribution in [0.3, 0.4) is 0 Å². The summed E-state index contributed by atoms with van der Waals surface area (Å²) in [5.74, 6) is 0.546. The van der Waals surface area contributed by atoms with Crippen LogP contribution in [0.15, 0.2) is 29.3 Å². The monoisotopic (exact) mass is 528 g/mol. The highest BCUT2D eigenvalue weighted by Crippen LogP contribution is 2.30. The molecule has 1 aliphatic heterocycles. The van der Waals surface area contributed by atoms with Crippen LogP contribution in [0.1, 0.15) is 30.5 Å². The van der Waals surface area contributed by atoms with E-state index in [1.54, 1.807) is 27.1 Å². The topological polar surface area (TPSA) is 66.0 Å². The Kier molecular flexibility index (Phi) is 10.2. The van der Waals surface area contributed by atoms with Crippen LogP contribution < -0.4 is 10.6 Å². The molecule has 2 N–H and O–H groups in total. The molecule has 0 saturated carbocycles. The SMILES string of the molecule is CC(NC(=NCC(=O)N(C)C)NCC1CCOC1)c1cccc(C(F)(F)F)c1.I. The molecule has 1 aromatic rings. The Labute approximate surface area is 186 Å². The van der Waals surface area contributed by atoms with Crippen molar-refractivity contribution in [2.24, 2.45) is 10.9 Å². The summed E-state index contributed by atoms with van der Waals surface area (Å²) in [6, 6.07) is 4.74. The summed E-state index contributed by atoms with van der Waals surface area (Å²) in [4.78, 5) is 17.6. The number of hydrogen-bond acceptors (Lipinski definition) is 3. The fourth-order valence-corrected chi connectivity index (χ4v) is 2.70. The molecular weight excluding hydrogens is 500 g/mol. The fourth-order valence-electron chi connectivity index (χ4n) is 2.70. The van der Waals surface area contributed by atoms with Gasteiger partial charge in [0.1, 0.15) is 6.54 Å². The number of amides is 1. The average Bonchev–Trinajstić information content (AvgIpc) is 3.16. The lowest BCUT2D eigenvalue weighted by Crippen LogP contribution is -2.42. The minimum Gasteiger partial charge on any atom is -0.381 e. The van der Waals surface area contributed by atoms with Gasteiger partial charge in [0.25, 0.3) is 0 Å². The number of hydrogen-bond donors (Lipinski definition) is 2. The fraction of sp³-hybridized carbons (Fsp3) is 0.579. The summed E-state index contributed by atoms with van der Waals surface area (Å²) < 4.78 is 44.2. The maximum atomic E-state index is 13.0. The predicted octanol–water partition coefficient (Wildman–Crippen LogP) is 3.04. The van der Waals surface area contributed by atoms with Crippen LogP contribution in [-0.2, 0) is 15.7 Å². The van der Waals surface area contributed by atoms with Crippen LogP contribution in [-0.4, -0.2) is 57.2 Å². The second-order valence-corrected chi connectivity index (χ2v) is 7.05. The number of alkyl halides is 3. The van der Waals surface area contributed by atoms with Gasteiger partial charge in [-0.1, -0.05) is 12.1 Å². The van der Waals surface area contributed by atoms with E-state index >= 15 is 0 Å². The van der Waals surface area contributed by atoms with E-state index in [9.17, 15) is 18.0 Å². The van der Waals surface area contributed by atoms with Crippen molar-refractivity contribution in [3.05, 3.63) is 35.4 Å². The third kappa shape index (κ3) is 8.37. The summed E-state index contributed by atoms with van der Waals surface area (Å²) in [6.07, 6.45) is -3.47. The van der Waals surface area contributed by atoms with Gasteiger partial charge >= 0.3 is 6.18 Å². The lowest BCUT2D eigenvalue weighted by molar-refractivity contribution is -0.137. The van der Waals surface area contributed by atoms with E-state index in [0.717, 1.165) is 18.6 Å². The van der Waals surface area contributed by atoms with E-state index < -0.39 is 17.8 Å². The highest BCUT2D eigenvalue weighted by molar-refractivity contribution is 14.0. The van der Waals surface area contributed by atoms with Gasteiger partial charge in [-0.25, -0.2) is 4.99 Å². The van der Waals surface area contributed by atoms with Gasteiger partial charge in [0.15, 0.2) is 5.96 Å². The maximum absolute atomic E-state index is 13.0. The van der Waals surface area contributed by atoms with Gasteiger partial charge in [0.2, 0.25) is 5.91 Å². The van der Waals surface area contributed by atoms with Crippen molar-refractivity contribution < 1.29 is 22.7 Å². The van der Waals surface area contributed by atoms with Crippen LogP contribution in [0.5, 0.6) is 0 Å². The minimum atomic E-state index is -4.40. The van der Waals surface area contributed by atoms with E-state index in [1.807, 2.05) is 0 Å². The highest BCUT2D eigenvalue weighted by atomic mass is 127. The first kappa shape index (κ1) is 25.5. The molecule has 164 valence electrons. The Bertz CT molecular complexity index is 692. The maximum Gasteiger partial charge on any atom is 0.416 e. The molecule has 0 aliphatic carbocycles. The molecule has 0 aromatic heterocycles. The summed E-state index contributed by atoms with van der Waals surface area (Å²) in [7, 11) is 3.28. The van der Waals surface area contributed by atoms with Gasteiger partial charge in [-0.15, -0.1) is 24.0 Å². The van der Waals surface area contributed by atoms with Crippen molar-refractivity contribution in [3.8, 4) is 0 Å². The Balaban J connectivity index is 0.00000420. The third-order valence-electron chi connectivity index (χ3n) is 4.52. The minimum absolute atomic E-state index is 0. The number of nitrogens with one attached hydrogen (secondary N) is 2. The second kappa shape index (κ2) is 11.6. The molecule has 1 aromatic carbocycles. The van der Waals surface area contributed by atoms with Crippen molar-refractivity contribution in [1.29, 1.82) is 0 Å². The van der Waals surface area contributed by atoms with E-state index in [-0.39, 0.29) is 36.4 Å². The lowest BCUT2D eigenvalue weighted by atomic mass is 10.0. The quantitative estimate of drug-likeness (QED) is 0.339. The van der Waals surface area contributed by atoms with Crippen molar-refractivity contribution >= 4 is 35.8 Å². The average molecular weight is 528 g/mol. The molecule has 1 aliphatic rings. The van der Waals surface area contributed by atoms with Gasteiger partial charge in [-0.2, -0.15) is 13.2 Å². The first-order chi connectivity index (χ1) is 13.2. The van der Waals surface area contributed by atoms with Gasteiger partial charge in [-0.05, 0) is 31.0 Å². The number of carbonyl (C=O) groups excluding carboxylic acids is 1. The molecule has 6 nitrogen and oxygen atoms in total. The number of carbonyl (C=O) groups is 1. The molecule has 1 fully saturated rings. The molecular formula is C19H28F3IN4O2. The van der Waals surface area contributed by atoms with Crippen LogP contribution in [0.2, 0.25) is 0 Å². The molecule has 1 amide bonds. The van der Waals surface area contributed by atoms with E-state index in [2.05, 4.69) is 15.6 Å². The van der Waals surface area contributed by atoms with E-state index in [1.165, 1.54) is 11.0 Å². The van der Waals surface area contributed by atoms with Crippen LogP contribution in [0.25, 0.3) is 0 Å². The molecule has 0 radical (unpaired) electrons. The number of aliphatic imine (C=N–C) groups is 1. The zero-order valence-electron chi connectivity index (χ0n) is 16.8. The normalized spacial score (nSPS) is 18.0. The first-order valence-electron chi connectivity index (χ1n) is 9.16. The van der Waals surface area contributed by atoms with Crippen LogP contribution in [0, 0.1) is 5.92 Å². The standard InChI is InChI=1S/C19H27F3N4O2.HI/c1-13(15-5-4-6-16(9-15)19(20,21)22)25-18(24-11-17(27)26(2)3)23-10-14-7-8-28-12-14;/h4-6,9,13-14H,7-8,10-12H2,1-3H3,(H2,23,24,25);1H. The zero-order chi connectivity index (χ0) is 20.7. The van der Waals surface area contributed by atoms with Crippen molar-refractivity contribution in [2.45, 2.75) is 25.6 Å². The molecule has 0 bridgehead atoms. The largest absolute Gasteiger partial charge is 0.416 e. The van der Waals surface area contributed by atoms with Crippen LogP contribution >= 0.6 is 24.0 Å². The molecule has 2 atom stereocenters. The Hall–Kier alpha value is -1.56. The third-order valence-corrected chi connectivity index (χ3v) is 4.52. The van der Waals surface area contributed by atoms with Gasteiger partial charge in [0, 0.05) is 33.2 Å². The number of nitrogens with zero attached hydrogens (tertiary/aromatic N) is 2. The zero-order valence-corrected chi connectivity index (χ0v) is 19.1. The Morgan fingerprint density at radius 3 is 2.69 bits per heavy atom. The summed E-state index contributed by atoms with van der Waals surface area (Å²) in [6.45, 7) is 3.67. The molecule has 1 saturated heterocycles. The van der Waals surface area contributed by atoms with Crippen molar-refractivity contribution in [3.63, 3.8) is 0 Å². The summed E-state index contributed by atoms with van der Waals surface area (Å²) in [5, 5.41) is 6.26. The predicted molar refractivity (Wildman–Crippen MR) is 116 cm³/mol. The second-order valence-electron chi connectivity index (χ2n) is 7.05. The number of likely N-dealkylation sites (N-methyl/N-ethyl adjacent to an activating group) is 1. The molecule has 29 heavy (non-hydrogen) atoms. The number of guanidine groups is 1. The number of ether oxygens (including phenoxy) is 1. The summed E-state index contributed by atoms with van der Waals surface area (Å²) >= 11 is 0. The van der Waals surface area contributed by atoms with Gasteiger partial charge in [-0.3, -0.25) is 4.79 Å². The number of benzene rings is 1. The van der Waals surface area contributed by atoms with Crippen LogP contribution in [0.4, 0.5) is 13.2 Å². The van der Waals surface area contributed by atoms with Gasteiger partial charge in [0.05, 0.1) is 18.2 Å². The molecule has 0 spiro atoms. The first-order valence-corrected chi connectivity index (χ1v) is 9.16. The highest BCUT2D eigenvalue weighted by Gasteiger charge is 2.30. The Morgan fingerprint density at radius 2 is 2.10 bits per heavy atom. The van der Waals surface area contributed by atoms with Gasteiger partial charge < -0.3 is 20.3 Å². The smallest absolute Gasteiger partial charge is 0.381 e. The molecule has 10 heteroatoms. The Morgan fingerprint density at radius 1 is 1.38 bits per heavy atom. The van der Waals surface area contributed by atoms with Crippen molar-refractivity contribution in [2.75, 3.05) is 40.4 Å². The lowest BCUT2D eigenvalue weighted by Gasteiger charge is -2.21. The number of rotatable bonds is 6. The van der Waals surface area contributed by atoms with E-state index in [0.29, 0.717) is 37.2 Å². The molecule has 2 unspecified atom stereocenters. The van der Waals surface area contributed by atoms with Crippen molar-refractivity contribution in [1.82, 2.24) is 15.5 Å². The summed E-state index contributed by atoms with van der Waals surface area (Å²) in [5.41, 5.74) is -0.219. The molecule has 2 rings (SSSR count).